The topological polar surface area (TPSA) is 55.4 Å². The molecule has 1 aromatic carbocycles. The standard InChI is InChI=1S/C11H11ClN2OS/c1-6-2-3-7(4-8(6)12)5-9-10(15)14-11(13)16-9/h2-4,9H,5H2,1H3,(H2,13,14,15). The van der Waals surface area contributed by atoms with Gasteiger partial charge in [-0.25, -0.2) is 0 Å². The molecule has 16 heavy (non-hydrogen) atoms. The second-order valence-electron chi connectivity index (χ2n) is 3.68. The Morgan fingerprint density at radius 2 is 2.31 bits per heavy atom. The molecular weight excluding hydrogens is 244 g/mol. The molecular formula is C11H11ClN2OS. The summed E-state index contributed by atoms with van der Waals surface area (Å²) >= 11 is 7.33. The minimum Gasteiger partial charge on any atom is -0.378 e. The van der Waals surface area contributed by atoms with Gasteiger partial charge in [0.05, 0.1) is 5.25 Å². The lowest BCUT2D eigenvalue weighted by atomic mass is 10.1. The van der Waals surface area contributed by atoms with Gasteiger partial charge in [-0.1, -0.05) is 35.5 Å². The summed E-state index contributed by atoms with van der Waals surface area (Å²) in [5.41, 5.74) is 7.56. The van der Waals surface area contributed by atoms with Crippen molar-refractivity contribution in [1.82, 2.24) is 0 Å². The predicted molar refractivity (Wildman–Crippen MR) is 67.9 cm³/mol. The van der Waals surface area contributed by atoms with Gasteiger partial charge >= 0.3 is 0 Å². The van der Waals surface area contributed by atoms with Crippen molar-refractivity contribution >= 4 is 34.4 Å². The molecule has 1 aliphatic heterocycles. The van der Waals surface area contributed by atoms with Gasteiger partial charge < -0.3 is 5.73 Å². The number of rotatable bonds is 2. The first-order valence-electron chi connectivity index (χ1n) is 4.86. The summed E-state index contributed by atoms with van der Waals surface area (Å²) in [5.74, 6) is -0.154. The van der Waals surface area contributed by atoms with E-state index in [0.717, 1.165) is 16.1 Å². The van der Waals surface area contributed by atoms with Gasteiger partial charge in [0.25, 0.3) is 5.91 Å². The molecule has 0 radical (unpaired) electrons. The number of amides is 1. The second-order valence-corrected chi connectivity index (χ2v) is 5.31. The number of amidine groups is 1. The summed E-state index contributed by atoms with van der Waals surface area (Å²) < 4.78 is 0. The molecule has 1 amide bonds. The third-order valence-electron chi connectivity index (χ3n) is 2.42. The Labute approximate surface area is 103 Å². The summed E-state index contributed by atoms with van der Waals surface area (Å²) in [6.07, 6.45) is 0.619. The molecule has 0 aromatic heterocycles. The number of aliphatic imine (C=N–C) groups is 1. The zero-order valence-electron chi connectivity index (χ0n) is 8.74. The molecule has 0 fully saturated rings. The number of nitrogens with zero attached hydrogens (tertiary/aromatic N) is 1. The van der Waals surface area contributed by atoms with E-state index in [-0.39, 0.29) is 11.2 Å². The van der Waals surface area contributed by atoms with Gasteiger partial charge in [0.15, 0.2) is 5.17 Å². The van der Waals surface area contributed by atoms with Crippen LogP contribution in [0.25, 0.3) is 0 Å². The number of hydrogen-bond donors (Lipinski definition) is 1. The van der Waals surface area contributed by atoms with Gasteiger partial charge in [-0.2, -0.15) is 4.99 Å². The molecule has 0 saturated heterocycles. The van der Waals surface area contributed by atoms with Crippen molar-refractivity contribution in [3.05, 3.63) is 34.3 Å². The molecule has 2 N–H and O–H groups in total. The molecule has 1 aromatic rings. The van der Waals surface area contributed by atoms with Gasteiger partial charge in [-0.15, -0.1) is 0 Å². The Balaban J connectivity index is 2.11. The van der Waals surface area contributed by atoms with Crippen LogP contribution in [-0.4, -0.2) is 16.3 Å². The third kappa shape index (κ3) is 2.39. The zero-order chi connectivity index (χ0) is 11.7. The van der Waals surface area contributed by atoms with E-state index >= 15 is 0 Å². The lowest BCUT2D eigenvalue weighted by Crippen LogP contribution is -2.14. The maximum atomic E-state index is 11.4. The van der Waals surface area contributed by atoms with E-state index in [4.69, 9.17) is 17.3 Å². The van der Waals surface area contributed by atoms with Crippen molar-refractivity contribution in [1.29, 1.82) is 0 Å². The number of hydrogen-bond acceptors (Lipinski definition) is 3. The summed E-state index contributed by atoms with van der Waals surface area (Å²) in [5, 5.41) is 0.883. The molecule has 0 aliphatic carbocycles. The van der Waals surface area contributed by atoms with Gasteiger partial charge in [0.2, 0.25) is 0 Å². The van der Waals surface area contributed by atoms with Crippen molar-refractivity contribution in [3.63, 3.8) is 0 Å². The maximum Gasteiger partial charge on any atom is 0.261 e. The number of halogens is 1. The highest BCUT2D eigenvalue weighted by Crippen LogP contribution is 2.25. The molecule has 1 unspecified atom stereocenters. The predicted octanol–water partition coefficient (Wildman–Crippen LogP) is 2.15. The molecule has 0 bridgehead atoms. The summed E-state index contributed by atoms with van der Waals surface area (Å²) in [7, 11) is 0. The molecule has 1 heterocycles. The first-order chi connectivity index (χ1) is 7.56. The van der Waals surface area contributed by atoms with Crippen LogP contribution in [0, 0.1) is 6.92 Å². The molecule has 84 valence electrons. The van der Waals surface area contributed by atoms with Crippen LogP contribution in [0.15, 0.2) is 23.2 Å². The monoisotopic (exact) mass is 254 g/mol. The first-order valence-corrected chi connectivity index (χ1v) is 6.11. The second kappa shape index (κ2) is 4.47. The van der Waals surface area contributed by atoms with E-state index in [0.29, 0.717) is 11.6 Å². The Hall–Kier alpha value is -1.00. The highest BCUT2D eigenvalue weighted by Gasteiger charge is 2.26. The Morgan fingerprint density at radius 1 is 1.56 bits per heavy atom. The van der Waals surface area contributed by atoms with Gasteiger partial charge in [-0.3, -0.25) is 4.79 Å². The van der Waals surface area contributed by atoms with Crippen LogP contribution in [-0.2, 0) is 11.2 Å². The minimum atomic E-state index is -0.196. The average molecular weight is 255 g/mol. The lowest BCUT2D eigenvalue weighted by Gasteiger charge is -2.07. The van der Waals surface area contributed by atoms with Crippen LogP contribution < -0.4 is 5.73 Å². The fourth-order valence-corrected chi connectivity index (χ4v) is 2.58. The van der Waals surface area contributed by atoms with Crippen LogP contribution in [0.5, 0.6) is 0 Å². The summed E-state index contributed by atoms with van der Waals surface area (Å²) in [6, 6.07) is 5.81. The Kier molecular flexibility index (Phi) is 3.21. The average Bonchev–Trinajstić information content (AvgIpc) is 2.51. The molecule has 1 atom stereocenters. The fourth-order valence-electron chi connectivity index (χ4n) is 1.51. The molecule has 3 nitrogen and oxygen atoms in total. The summed E-state index contributed by atoms with van der Waals surface area (Å²) in [6.45, 7) is 1.95. The lowest BCUT2D eigenvalue weighted by molar-refractivity contribution is -0.117. The van der Waals surface area contributed by atoms with Crippen molar-refractivity contribution in [3.8, 4) is 0 Å². The summed E-state index contributed by atoms with van der Waals surface area (Å²) in [4.78, 5) is 15.1. The normalized spacial score (nSPS) is 20.0. The van der Waals surface area contributed by atoms with Crippen LogP contribution >= 0.6 is 23.4 Å². The highest BCUT2D eigenvalue weighted by molar-refractivity contribution is 8.15. The molecule has 0 spiro atoms. The third-order valence-corrected chi connectivity index (χ3v) is 3.81. The van der Waals surface area contributed by atoms with Crippen LogP contribution in [0.4, 0.5) is 0 Å². The first kappa shape index (κ1) is 11.5. The largest absolute Gasteiger partial charge is 0.378 e. The Bertz CT molecular complexity index is 473. The van der Waals surface area contributed by atoms with Gasteiger partial charge in [0.1, 0.15) is 0 Å². The van der Waals surface area contributed by atoms with E-state index in [1.54, 1.807) is 0 Å². The quantitative estimate of drug-likeness (QED) is 0.880. The zero-order valence-corrected chi connectivity index (χ0v) is 10.3. The molecule has 0 saturated carbocycles. The van der Waals surface area contributed by atoms with E-state index in [2.05, 4.69) is 4.99 Å². The van der Waals surface area contributed by atoms with E-state index in [1.807, 2.05) is 25.1 Å². The highest BCUT2D eigenvalue weighted by atomic mass is 35.5. The van der Waals surface area contributed by atoms with Crippen LogP contribution in [0.2, 0.25) is 5.02 Å². The van der Waals surface area contributed by atoms with Crippen molar-refractivity contribution in [2.45, 2.75) is 18.6 Å². The van der Waals surface area contributed by atoms with Crippen LogP contribution in [0.1, 0.15) is 11.1 Å². The van der Waals surface area contributed by atoms with E-state index in [9.17, 15) is 4.79 Å². The molecule has 1 aliphatic rings. The van der Waals surface area contributed by atoms with Gasteiger partial charge in [0, 0.05) is 5.02 Å². The van der Waals surface area contributed by atoms with E-state index < -0.39 is 0 Å². The van der Waals surface area contributed by atoms with Crippen molar-refractivity contribution < 1.29 is 4.79 Å². The number of carbonyl (C=O) groups is 1. The molecule has 5 heteroatoms. The smallest absolute Gasteiger partial charge is 0.261 e. The Morgan fingerprint density at radius 3 is 2.88 bits per heavy atom. The van der Waals surface area contributed by atoms with Crippen LogP contribution in [0.3, 0.4) is 0 Å². The number of nitrogens with two attached hydrogens (primary N) is 1. The number of aryl methyl sites for hydroxylation is 1. The number of thioether (sulfide) groups is 1. The fraction of sp³-hybridized carbons (Fsp3) is 0.273. The SMILES string of the molecule is Cc1ccc(CC2SC(N)=NC2=O)cc1Cl. The molecule has 2 rings (SSSR count). The number of carbonyl (C=O) groups excluding carboxylic acids is 1. The minimum absolute atomic E-state index is 0.154. The maximum absolute atomic E-state index is 11.4. The number of benzene rings is 1. The van der Waals surface area contributed by atoms with E-state index in [1.165, 1.54) is 11.8 Å². The van der Waals surface area contributed by atoms with Crippen molar-refractivity contribution in [2.24, 2.45) is 10.7 Å². The van der Waals surface area contributed by atoms with Crippen molar-refractivity contribution in [2.75, 3.05) is 0 Å². The van der Waals surface area contributed by atoms with Gasteiger partial charge in [-0.05, 0) is 30.5 Å².